The van der Waals surface area contributed by atoms with Crippen molar-refractivity contribution in [2.24, 2.45) is 0 Å². The first-order chi connectivity index (χ1) is 16.6. The highest BCUT2D eigenvalue weighted by atomic mass is 32.2. The highest BCUT2D eigenvalue weighted by Gasteiger charge is 2.31. The molecule has 2 aliphatic rings. The van der Waals surface area contributed by atoms with Gasteiger partial charge in [-0.2, -0.15) is 0 Å². The normalized spacial score (nSPS) is 17.4. The summed E-state index contributed by atoms with van der Waals surface area (Å²) in [6, 6.07) is 10.2. The number of carbonyl (C=O) groups is 2. The summed E-state index contributed by atoms with van der Waals surface area (Å²) >= 11 is 1.56. The number of aromatic nitrogens is 4. The van der Waals surface area contributed by atoms with Crippen molar-refractivity contribution in [3.05, 3.63) is 48.5 Å². The number of nitrogens with one attached hydrogen (secondary N) is 1. The van der Waals surface area contributed by atoms with E-state index in [1.807, 2.05) is 33.7 Å². The third-order valence-electron chi connectivity index (χ3n) is 6.76. The van der Waals surface area contributed by atoms with Gasteiger partial charge >= 0.3 is 0 Å². The molecule has 6 rings (SSSR count). The number of aromatic amines is 1. The maximum absolute atomic E-state index is 12.7. The van der Waals surface area contributed by atoms with E-state index in [2.05, 4.69) is 22.1 Å². The largest absolute Gasteiger partial charge is 0.382 e. The minimum atomic E-state index is 0.0227. The second-order valence-corrected chi connectivity index (χ2v) is 9.80. The zero-order valence-corrected chi connectivity index (χ0v) is 19.4. The molecule has 0 spiro atoms. The lowest BCUT2D eigenvalue weighted by Gasteiger charge is -2.32. The monoisotopic (exact) mass is 475 g/mol. The average molecular weight is 476 g/mol. The zero-order valence-electron chi connectivity index (χ0n) is 18.6. The lowest BCUT2D eigenvalue weighted by Crippen LogP contribution is -2.44. The van der Waals surface area contributed by atoms with Crippen molar-refractivity contribution in [2.75, 3.05) is 37.0 Å². The van der Waals surface area contributed by atoms with Gasteiger partial charge in [0.25, 0.3) is 0 Å². The van der Waals surface area contributed by atoms with Crippen LogP contribution in [0.25, 0.3) is 27.8 Å². The number of hydrogen-bond donors (Lipinski definition) is 2. The van der Waals surface area contributed by atoms with Crippen LogP contribution >= 0.6 is 11.8 Å². The number of thioether (sulfide) groups is 1. The third-order valence-corrected chi connectivity index (χ3v) is 7.71. The quantitative estimate of drug-likeness (QED) is 0.469. The Kier molecular flexibility index (Phi) is 5.17. The minimum Gasteiger partial charge on any atom is -0.382 e. The molecule has 2 amide bonds. The minimum absolute atomic E-state index is 0.0227. The summed E-state index contributed by atoms with van der Waals surface area (Å²) < 4.78 is 2.05. The molecule has 0 unspecified atom stereocenters. The van der Waals surface area contributed by atoms with Gasteiger partial charge in [-0.1, -0.05) is 18.2 Å². The van der Waals surface area contributed by atoms with E-state index in [4.69, 9.17) is 10.7 Å². The molecule has 174 valence electrons. The molecule has 0 bridgehead atoms. The van der Waals surface area contributed by atoms with Crippen molar-refractivity contribution in [2.45, 2.75) is 18.8 Å². The van der Waals surface area contributed by atoms with Crippen LogP contribution in [0.5, 0.6) is 0 Å². The summed E-state index contributed by atoms with van der Waals surface area (Å²) in [5, 5.41) is 1.12. The van der Waals surface area contributed by atoms with Gasteiger partial charge in [0.15, 0.2) is 0 Å². The van der Waals surface area contributed by atoms with E-state index < -0.39 is 0 Å². The summed E-state index contributed by atoms with van der Waals surface area (Å²) in [6.45, 7) is 1.47. The van der Waals surface area contributed by atoms with Crippen LogP contribution < -0.4 is 5.73 Å². The van der Waals surface area contributed by atoms with Gasteiger partial charge in [-0.05, 0) is 25.0 Å². The highest BCUT2D eigenvalue weighted by Crippen LogP contribution is 2.35. The van der Waals surface area contributed by atoms with Gasteiger partial charge in [0.05, 0.1) is 17.3 Å². The van der Waals surface area contributed by atoms with Crippen molar-refractivity contribution in [1.82, 2.24) is 29.2 Å². The van der Waals surface area contributed by atoms with Crippen molar-refractivity contribution >= 4 is 45.8 Å². The molecule has 0 saturated carbocycles. The van der Waals surface area contributed by atoms with Crippen molar-refractivity contribution in [1.29, 1.82) is 0 Å². The van der Waals surface area contributed by atoms with E-state index in [0.29, 0.717) is 30.5 Å². The van der Waals surface area contributed by atoms with Gasteiger partial charge in [-0.3, -0.25) is 14.0 Å². The maximum atomic E-state index is 12.7. The second-order valence-electron chi connectivity index (χ2n) is 8.84. The number of nitrogen functional groups attached to an aromatic ring is 1. The number of H-pyrrole nitrogens is 1. The van der Waals surface area contributed by atoms with Gasteiger partial charge in [0.1, 0.15) is 29.4 Å². The standard InChI is InChI=1S/C24H25N7O2S/c25-23-22-21(18-11-16-3-1-2-4-17(16)27-18)28-24(31(22)10-7-26-23)15-5-8-29(9-6-15)19(32)12-30-14-34-13-20(30)33/h1-4,7,10-11,15,27H,5-6,8-9,12-14H2,(H2,25,26). The fraction of sp³-hybridized carbons (Fsp3) is 0.333. The van der Waals surface area contributed by atoms with Gasteiger partial charge in [0.2, 0.25) is 11.8 Å². The number of carbonyl (C=O) groups excluding carboxylic acids is 2. The zero-order chi connectivity index (χ0) is 23.2. The van der Waals surface area contributed by atoms with Crippen LogP contribution in [0.1, 0.15) is 24.6 Å². The molecule has 2 saturated heterocycles. The SMILES string of the molecule is Nc1nccn2c(C3CCN(C(=O)CN4CSCC4=O)CC3)nc(-c3cc4ccccc4[nH]3)c12. The fourth-order valence-electron chi connectivity index (χ4n) is 4.95. The first kappa shape index (κ1) is 21.0. The average Bonchev–Trinajstić information content (AvgIpc) is 3.56. The molecule has 10 heteroatoms. The number of hydrogen-bond acceptors (Lipinski definition) is 6. The number of likely N-dealkylation sites (tertiary alicyclic amines) is 1. The summed E-state index contributed by atoms with van der Waals surface area (Å²) in [7, 11) is 0. The molecule has 5 heterocycles. The second kappa shape index (κ2) is 8.35. The topological polar surface area (TPSA) is 113 Å². The Bertz CT molecular complexity index is 1370. The molecular formula is C24H25N7O2S. The number of nitrogens with two attached hydrogens (primary N) is 1. The maximum Gasteiger partial charge on any atom is 0.242 e. The van der Waals surface area contributed by atoms with E-state index in [0.717, 1.165) is 46.5 Å². The van der Waals surface area contributed by atoms with Gasteiger partial charge in [-0.25, -0.2) is 9.97 Å². The lowest BCUT2D eigenvalue weighted by atomic mass is 9.96. The number of benzene rings is 1. The molecule has 1 aromatic carbocycles. The van der Waals surface area contributed by atoms with Crippen molar-refractivity contribution in [3.63, 3.8) is 0 Å². The predicted molar refractivity (Wildman–Crippen MR) is 132 cm³/mol. The van der Waals surface area contributed by atoms with E-state index in [9.17, 15) is 9.59 Å². The molecule has 34 heavy (non-hydrogen) atoms. The lowest BCUT2D eigenvalue weighted by molar-refractivity contribution is -0.138. The summed E-state index contributed by atoms with van der Waals surface area (Å²) in [4.78, 5) is 41.0. The van der Waals surface area contributed by atoms with E-state index in [-0.39, 0.29) is 24.3 Å². The van der Waals surface area contributed by atoms with Crippen LogP contribution in [0.3, 0.4) is 0 Å². The van der Waals surface area contributed by atoms with Crippen LogP contribution in [0.2, 0.25) is 0 Å². The number of nitrogens with zero attached hydrogens (tertiary/aromatic N) is 5. The molecule has 0 radical (unpaired) electrons. The summed E-state index contributed by atoms with van der Waals surface area (Å²) in [5.74, 6) is 2.72. The van der Waals surface area contributed by atoms with Crippen LogP contribution in [-0.4, -0.2) is 72.2 Å². The first-order valence-electron chi connectivity index (χ1n) is 11.4. The van der Waals surface area contributed by atoms with E-state index >= 15 is 0 Å². The molecule has 2 aliphatic heterocycles. The number of imidazole rings is 1. The fourth-order valence-corrected chi connectivity index (χ4v) is 5.86. The molecule has 2 fully saturated rings. The first-order valence-corrected chi connectivity index (χ1v) is 12.6. The Morgan fingerprint density at radius 3 is 2.82 bits per heavy atom. The molecule has 3 N–H and O–H groups in total. The molecule has 3 aromatic heterocycles. The van der Waals surface area contributed by atoms with Gasteiger partial charge in [-0.15, -0.1) is 11.8 Å². The summed E-state index contributed by atoms with van der Waals surface area (Å²) in [6.07, 6.45) is 5.23. The Labute approximate surface area is 200 Å². The van der Waals surface area contributed by atoms with Crippen LogP contribution in [0.15, 0.2) is 42.7 Å². The Balaban J connectivity index is 1.26. The van der Waals surface area contributed by atoms with Gasteiger partial charge in [0, 0.05) is 42.3 Å². The predicted octanol–water partition coefficient (Wildman–Crippen LogP) is 2.70. The number of anilines is 1. The number of piperidine rings is 1. The van der Waals surface area contributed by atoms with Gasteiger partial charge < -0.3 is 20.5 Å². The van der Waals surface area contributed by atoms with Crippen LogP contribution in [0, 0.1) is 0 Å². The Morgan fingerprint density at radius 1 is 1.24 bits per heavy atom. The van der Waals surface area contributed by atoms with Crippen molar-refractivity contribution in [3.8, 4) is 11.4 Å². The van der Waals surface area contributed by atoms with Crippen molar-refractivity contribution < 1.29 is 9.59 Å². The third kappa shape index (κ3) is 3.58. The summed E-state index contributed by atoms with van der Waals surface area (Å²) in [5.41, 5.74) is 9.85. The van der Waals surface area contributed by atoms with E-state index in [1.54, 1.807) is 22.9 Å². The molecule has 4 aromatic rings. The number of rotatable bonds is 4. The molecule has 0 atom stereocenters. The molecule has 9 nitrogen and oxygen atoms in total. The number of fused-ring (bicyclic) bond motifs is 2. The number of amides is 2. The highest BCUT2D eigenvalue weighted by molar-refractivity contribution is 8.00. The molecule has 0 aliphatic carbocycles. The van der Waals surface area contributed by atoms with Crippen LogP contribution in [-0.2, 0) is 9.59 Å². The Morgan fingerprint density at radius 2 is 2.06 bits per heavy atom. The van der Waals surface area contributed by atoms with Crippen LogP contribution in [0.4, 0.5) is 5.82 Å². The Hall–Kier alpha value is -3.53. The number of para-hydroxylation sites is 1. The smallest absolute Gasteiger partial charge is 0.242 e. The van der Waals surface area contributed by atoms with E-state index in [1.165, 1.54) is 0 Å². The molecular weight excluding hydrogens is 450 g/mol.